The molecule has 272 valence electrons. The summed E-state index contributed by atoms with van der Waals surface area (Å²) in [7, 11) is 0. The van der Waals surface area contributed by atoms with E-state index in [1.165, 1.54) is 65.7 Å². The molecule has 0 aromatic heterocycles. The van der Waals surface area contributed by atoms with Crippen LogP contribution in [-0.2, 0) is 5.41 Å². The van der Waals surface area contributed by atoms with Gasteiger partial charge >= 0.3 is 0 Å². The minimum atomic E-state index is -0.425. The summed E-state index contributed by atoms with van der Waals surface area (Å²) in [5, 5.41) is 7.74. The number of para-hydroxylation sites is 1. The van der Waals surface area contributed by atoms with Crippen molar-refractivity contribution in [2.45, 2.75) is 5.41 Å². The van der Waals surface area contributed by atoms with Gasteiger partial charge in [-0.05, 0) is 114 Å². The van der Waals surface area contributed by atoms with Gasteiger partial charge in [-0.3, -0.25) is 0 Å². The maximum atomic E-state index is 2.46. The van der Waals surface area contributed by atoms with Gasteiger partial charge in [0.05, 0.1) is 11.1 Å². The van der Waals surface area contributed by atoms with E-state index in [0.29, 0.717) is 0 Å². The van der Waals surface area contributed by atoms with Gasteiger partial charge in [-0.2, -0.15) is 0 Å². The van der Waals surface area contributed by atoms with Crippen molar-refractivity contribution >= 4 is 61.5 Å². The van der Waals surface area contributed by atoms with Gasteiger partial charge in [0.1, 0.15) is 0 Å². The number of nitrogens with zero attached hydrogens (tertiary/aromatic N) is 1. The molecular formula is C57H39N. The van der Waals surface area contributed by atoms with E-state index in [2.05, 4.69) is 242 Å². The average molecular weight is 738 g/mol. The van der Waals surface area contributed by atoms with Crippen molar-refractivity contribution in [3.05, 3.63) is 258 Å². The molecule has 0 fully saturated rings. The molecule has 1 nitrogen and oxygen atoms in total. The Labute approximate surface area is 339 Å². The molecule has 0 aliphatic heterocycles. The number of fused-ring (bicyclic) bond motifs is 1. The van der Waals surface area contributed by atoms with E-state index in [1.807, 2.05) is 0 Å². The zero-order chi connectivity index (χ0) is 38.5. The lowest BCUT2D eigenvalue weighted by atomic mass is 9.67. The highest BCUT2D eigenvalue weighted by Gasteiger charge is 2.45. The number of rotatable bonds is 8. The summed E-state index contributed by atoms with van der Waals surface area (Å²) in [5.74, 6) is 0. The van der Waals surface area contributed by atoms with Crippen LogP contribution in [0.3, 0.4) is 0 Å². The molecular weight excluding hydrogens is 699 g/mol. The summed E-state index contributed by atoms with van der Waals surface area (Å²) < 4.78 is 0. The summed E-state index contributed by atoms with van der Waals surface area (Å²) in [6, 6.07) is 82.0. The molecule has 0 bridgehead atoms. The van der Waals surface area contributed by atoms with Crippen LogP contribution >= 0.6 is 0 Å². The van der Waals surface area contributed by atoms with E-state index in [-0.39, 0.29) is 0 Å². The van der Waals surface area contributed by atoms with Gasteiger partial charge in [0.15, 0.2) is 0 Å². The molecule has 10 aromatic carbocycles. The maximum Gasteiger partial charge on any atom is 0.0714 e. The van der Waals surface area contributed by atoms with Crippen LogP contribution in [0.5, 0.6) is 0 Å². The minimum Gasteiger partial charge on any atom is -0.310 e. The third-order valence-corrected chi connectivity index (χ3v) is 12.1. The topological polar surface area (TPSA) is 3.24 Å². The van der Waals surface area contributed by atoms with Gasteiger partial charge in [-0.1, -0.05) is 194 Å². The van der Waals surface area contributed by atoms with Crippen LogP contribution in [0, 0.1) is 0 Å². The van der Waals surface area contributed by atoms with Crippen LogP contribution in [0.25, 0.3) is 55.6 Å². The Hall–Kier alpha value is -7.48. The highest BCUT2D eigenvalue weighted by atomic mass is 15.1. The fraction of sp³-hybridized carbons (Fsp3) is 0.0175. The molecule has 0 saturated heterocycles. The predicted molar refractivity (Wildman–Crippen MR) is 246 cm³/mol. The van der Waals surface area contributed by atoms with Crippen molar-refractivity contribution < 1.29 is 0 Å². The first kappa shape index (κ1) is 33.8. The maximum absolute atomic E-state index is 2.46. The Bertz CT molecular complexity index is 3080. The second-order valence-electron chi connectivity index (χ2n) is 15.3. The summed E-state index contributed by atoms with van der Waals surface area (Å²) in [6.07, 6.45) is 4.42. The zero-order valence-electron chi connectivity index (χ0n) is 32.0. The van der Waals surface area contributed by atoms with E-state index in [9.17, 15) is 0 Å². The quantitative estimate of drug-likeness (QED) is 0.111. The molecule has 0 N–H and O–H groups in total. The largest absolute Gasteiger partial charge is 0.310 e. The standard InChI is InChI=1S/C57H39N/c1-4-17-47(18-5-1)57(48-19-6-2-7-20-48)52-24-12-16-44-34-35-45-38-46(39-53(57)56(45)55(44)52)42-32-28-40(29-33-42)26-27-41-30-36-50(37-31-41)58(49-21-8-3-9-22-49)54-25-13-15-43-14-10-11-23-51(43)54/h1-39H. The molecule has 0 spiro atoms. The van der Waals surface area contributed by atoms with E-state index >= 15 is 0 Å². The smallest absolute Gasteiger partial charge is 0.0714 e. The van der Waals surface area contributed by atoms with Crippen molar-refractivity contribution in [1.82, 2.24) is 0 Å². The van der Waals surface area contributed by atoms with Crippen LogP contribution in [0.1, 0.15) is 33.4 Å². The lowest BCUT2D eigenvalue weighted by Crippen LogP contribution is -2.28. The Morgan fingerprint density at radius 1 is 0.345 bits per heavy atom. The SMILES string of the molecule is C(=Cc1ccc(N(c2ccccc2)c2cccc3ccccc23)cc1)c1ccc(-c2cc3c4c(ccc5cccc(c54)C3(c3ccccc3)c3ccccc3)c2)cc1. The molecule has 10 aromatic rings. The number of anilines is 3. The molecule has 0 unspecified atom stereocenters. The lowest BCUT2D eigenvalue weighted by Gasteiger charge is -2.34. The first-order valence-corrected chi connectivity index (χ1v) is 20.1. The van der Waals surface area contributed by atoms with E-state index < -0.39 is 5.41 Å². The summed E-state index contributed by atoms with van der Waals surface area (Å²) in [4.78, 5) is 2.35. The third kappa shape index (κ3) is 5.47. The number of hydrogen-bond donors (Lipinski definition) is 0. The molecule has 1 aliphatic rings. The fourth-order valence-electron chi connectivity index (χ4n) is 9.45. The predicted octanol–water partition coefficient (Wildman–Crippen LogP) is 15.1. The van der Waals surface area contributed by atoms with Gasteiger partial charge in [-0.25, -0.2) is 0 Å². The zero-order valence-corrected chi connectivity index (χ0v) is 32.0. The molecule has 1 aliphatic carbocycles. The lowest BCUT2D eigenvalue weighted by molar-refractivity contribution is 0.771. The number of hydrogen-bond acceptors (Lipinski definition) is 1. The third-order valence-electron chi connectivity index (χ3n) is 12.1. The normalized spacial score (nSPS) is 12.9. The highest BCUT2D eigenvalue weighted by Crippen LogP contribution is 2.56. The van der Waals surface area contributed by atoms with Gasteiger partial charge in [0.25, 0.3) is 0 Å². The average Bonchev–Trinajstić information content (AvgIpc) is 3.61. The van der Waals surface area contributed by atoms with Crippen molar-refractivity contribution in [2.24, 2.45) is 0 Å². The molecule has 11 rings (SSSR count). The Balaban J connectivity index is 0.936. The van der Waals surface area contributed by atoms with Crippen molar-refractivity contribution in [3.8, 4) is 11.1 Å². The first-order valence-electron chi connectivity index (χ1n) is 20.1. The van der Waals surface area contributed by atoms with Crippen LogP contribution in [0.4, 0.5) is 17.1 Å². The van der Waals surface area contributed by atoms with E-state index in [4.69, 9.17) is 0 Å². The Morgan fingerprint density at radius 2 is 0.879 bits per heavy atom. The van der Waals surface area contributed by atoms with Crippen LogP contribution in [-0.4, -0.2) is 0 Å². The van der Waals surface area contributed by atoms with Crippen LogP contribution in [0.15, 0.2) is 224 Å². The van der Waals surface area contributed by atoms with Gasteiger partial charge in [0, 0.05) is 16.8 Å². The number of benzene rings is 10. The Kier molecular flexibility index (Phi) is 8.12. The molecule has 58 heavy (non-hydrogen) atoms. The fourth-order valence-corrected chi connectivity index (χ4v) is 9.45. The van der Waals surface area contributed by atoms with Crippen molar-refractivity contribution in [2.75, 3.05) is 4.90 Å². The summed E-state index contributed by atoms with van der Waals surface area (Å²) in [5.41, 5.74) is 13.0. The van der Waals surface area contributed by atoms with Crippen molar-refractivity contribution in [3.63, 3.8) is 0 Å². The Morgan fingerprint density at radius 3 is 1.59 bits per heavy atom. The second-order valence-corrected chi connectivity index (χ2v) is 15.3. The molecule has 0 radical (unpaired) electrons. The summed E-state index contributed by atoms with van der Waals surface area (Å²) >= 11 is 0. The minimum absolute atomic E-state index is 0.425. The van der Waals surface area contributed by atoms with Gasteiger partial charge < -0.3 is 4.90 Å². The van der Waals surface area contributed by atoms with Crippen molar-refractivity contribution in [1.29, 1.82) is 0 Å². The van der Waals surface area contributed by atoms with E-state index in [0.717, 1.165) is 28.2 Å². The van der Waals surface area contributed by atoms with E-state index in [1.54, 1.807) is 0 Å². The monoisotopic (exact) mass is 737 g/mol. The van der Waals surface area contributed by atoms with Gasteiger partial charge in [-0.15, -0.1) is 0 Å². The van der Waals surface area contributed by atoms with Gasteiger partial charge in [0.2, 0.25) is 0 Å². The second kappa shape index (κ2) is 13.9. The van der Waals surface area contributed by atoms with Crippen LogP contribution in [0.2, 0.25) is 0 Å². The molecule has 1 heteroatoms. The van der Waals surface area contributed by atoms with Crippen LogP contribution < -0.4 is 4.90 Å². The first-order chi connectivity index (χ1) is 28.8. The molecule has 0 atom stereocenters. The molecule has 0 heterocycles. The molecule has 0 saturated carbocycles. The molecule has 0 amide bonds. The highest BCUT2D eigenvalue weighted by molar-refractivity contribution is 6.17. The summed E-state index contributed by atoms with van der Waals surface area (Å²) in [6.45, 7) is 0.